The van der Waals surface area contributed by atoms with Crippen LogP contribution in [0, 0.1) is 28.1 Å². The monoisotopic (exact) mass is 512 g/mol. The fourth-order valence-corrected chi connectivity index (χ4v) is 7.52. The van der Waals surface area contributed by atoms with Crippen LogP contribution in [0.1, 0.15) is 59.3 Å². The molecule has 0 aromatic heterocycles. The van der Waals surface area contributed by atoms with E-state index in [-0.39, 0.29) is 30.6 Å². The molecule has 10 nitrogen and oxygen atoms in total. The Balaban J connectivity index is 1.60. The number of rotatable bonds is 5. The van der Waals surface area contributed by atoms with Gasteiger partial charge >= 0.3 is 5.97 Å². The molecule has 0 spiro atoms. The summed E-state index contributed by atoms with van der Waals surface area (Å²) in [7, 11) is 0. The quantitative estimate of drug-likeness (QED) is 0.214. The Morgan fingerprint density at radius 3 is 2.44 bits per heavy atom. The summed E-state index contributed by atoms with van der Waals surface area (Å²) in [6.45, 7) is 4.70. The van der Waals surface area contributed by atoms with Crippen molar-refractivity contribution in [1.29, 1.82) is 0 Å². The minimum absolute atomic E-state index is 0.0176. The maximum atomic E-state index is 13.6. The van der Waals surface area contributed by atoms with Gasteiger partial charge in [-0.2, -0.15) is 0 Å². The molecule has 1 saturated heterocycles. The van der Waals surface area contributed by atoms with E-state index in [9.17, 15) is 40.2 Å². The van der Waals surface area contributed by atoms with Crippen LogP contribution in [0.25, 0.3) is 0 Å². The zero-order valence-electron chi connectivity index (χ0n) is 21.2. The average molecular weight is 513 g/mol. The maximum Gasteiger partial charge on any atom is 0.314 e. The standard InChI is InChI=1S/C26H40O10/c1-24(18(30)12-28)7-6-15-13(8-24)4-5-17-25(15,2)9-14(29)10-26(17,3)23(34)36-22-21(33)20(32)19(31)16(11-27)35-22/h8,15-22,27-28,30-33H,4-7,9-12H2,1-3H3/t15-,16-,17+,18+,19-,20+,21-,22-,24+,25+,26-/m1/s1. The molecule has 4 rings (SSSR count). The first-order valence-corrected chi connectivity index (χ1v) is 12.8. The van der Waals surface area contributed by atoms with E-state index < -0.39 is 65.6 Å². The Bertz CT molecular complexity index is 903. The molecule has 0 aromatic carbocycles. The Hall–Kier alpha value is -1.40. The predicted octanol–water partition coefficient (Wildman–Crippen LogP) is -0.189. The fraction of sp³-hybridized carbons (Fsp3) is 0.846. The molecular weight excluding hydrogens is 472 g/mol. The fourth-order valence-electron chi connectivity index (χ4n) is 7.52. The van der Waals surface area contributed by atoms with Crippen molar-refractivity contribution < 1.29 is 49.7 Å². The van der Waals surface area contributed by atoms with Crippen LogP contribution in [-0.2, 0) is 19.1 Å². The molecule has 4 aliphatic rings. The molecule has 204 valence electrons. The number of ether oxygens (including phenoxy) is 2. The van der Waals surface area contributed by atoms with E-state index in [4.69, 9.17) is 9.47 Å². The lowest BCUT2D eigenvalue weighted by atomic mass is 9.45. The molecule has 0 bridgehead atoms. The molecule has 0 radical (unpaired) electrons. The van der Waals surface area contributed by atoms with Crippen molar-refractivity contribution in [2.24, 2.45) is 28.1 Å². The number of ketones is 1. The third kappa shape index (κ3) is 4.34. The van der Waals surface area contributed by atoms with E-state index >= 15 is 0 Å². The number of allylic oxidation sites excluding steroid dienone is 1. The summed E-state index contributed by atoms with van der Waals surface area (Å²) in [5.41, 5.74) is -1.11. The molecule has 1 aliphatic heterocycles. The van der Waals surface area contributed by atoms with Crippen molar-refractivity contribution in [2.45, 2.75) is 96.1 Å². The number of hydrogen-bond acceptors (Lipinski definition) is 10. The zero-order chi connectivity index (χ0) is 26.6. The molecule has 6 N–H and O–H groups in total. The van der Waals surface area contributed by atoms with Crippen molar-refractivity contribution >= 4 is 11.8 Å². The number of aliphatic hydroxyl groups excluding tert-OH is 6. The number of aliphatic hydroxyl groups is 6. The van der Waals surface area contributed by atoms with Crippen molar-refractivity contribution in [3.63, 3.8) is 0 Å². The lowest BCUT2D eigenvalue weighted by molar-refractivity contribution is -0.297. The summed E-state index contributed by atoms with van der Waals surface area (Å²) in [5, 5.41) is 59.8. The minimum Gasteiger partial charge on any atom is -0.432 e. The van der Waals surface area contributed by atoms with Gasteiger partial charge in [0.2, 0.25) is 6.29 Å². The van der Waals surface area contributed by atoms with Crippen molar-refractivity contribution in [2.75, 3.05) is 13.2 Å². The highest BCUT2D eigenvalue weighted by atomic mass is 16.7. The first-order chi connectivity index (χ1) is 16.8. The van der Waals surface area contributed by atoms with Crippen LogP contribution in [0.15, 0.2) is 11.6 Å². The van der Waals surface area contributed by atoms with Gasteiger partial charge in [0.1, 0.15) is 30.2 Å². The summed E-state index contributed by atoms with van der Waals surface area (Å²) >= 11 is 0. The van der Waals surface area contributed by atoms with E-state index in [1.165, 1.54) is 0 Å². The SMILES string of the molecule is C[C@@]12CC(=O)C[C@@](C)(C(=O)O[C@H]3O[C@H](CO)[C@@H](O)[C@H](O)[C@H]3O)[C@H]1CCC1=C[C@@](C)([C@@H](O)CO)CC[C@H]12. The minimum atomic E-state index is -1.71. The van der Waals surface area contributed by atoms with Gasteiger partial charge in [0.15, 0.2) is 0 Å². The topological polar surface area (TPSA) is 174 Å². The van der Waals surface area contributed by atoms with Gasteiger partial charge in [-0.25, -0.2) is 0 Å². The van der Waals surface area contributed by atoms with Gasteiger partial charge in [-0.15, -0.1) is 0 Å². The second kappa shape index (κ2) is 9.72. The highest BCUT2D eigenvalue weighted by molar-refractivity contribution is 5.89. The van der Waals surface area contributed by atoms with Crippen LogP contribution in [-0.4, -0.2) is 92.4 Å². The van der Waals surface area contributed by atoms with E-state index in [2.05, 4.69) is 6.08 Å². The molecule has 36 heavy (non-hydrogen) atoms. The Labute approximate surface area is 210 Å². The predicted molar refractivity (Wildman–Crippen MR) is 125 cm³/mol. The summed E-state index contributed by atoms with van der Waals surface area (Å²) in [6.07, 6.45) is -3.59. The highest BCUT2D eigenvalue weighted by Gasteiger charge is 2.62. The Kier molecular flexibility index (Phi) is 7.46. The van der Waals surface area contributed by atoms with Gasteiger partial charge in [-0.3, -0.25) is 9.59 Å². The normalized spacial score (nSPS) is 47.9. The first-order valence-electron chi connectivity index (χ1n) is 12.8. The van der Waals surface area contributed by atoms with Gasteiger partial charge in [-0.1, -0.05) is 25.5 Å². The summed E-state index contributed by atoms with van der Waals surface area (Å²) < 4.78 is 10.9. The van der Waals surface area contributed by atoms with Gasteiger partial charge in [0, 0.05) is 18.3 Å². The summed E-state index contributed by atoms with van der Waals surface area (Å²) in [6, 6.07) is 0. The van der Waals surface area contributed by atoms with Crippen LogP contribution in [0.2, 0.25) is 0 Å². The molecule has 0 unspecified atom stereocenters. The number of carbonyl (C=O) groups excluding carboxylic acids is 2. The lowest BCUT2D eigenvalue weighted by Gasteiger charge is -2.59. The Morgan fingerprint density at radius 1 is 1.11 bits per heavy atom. The summed E-state index contributed by atoms with van der Waals surface area (Å²) in [4.78, 5) is 26.7. The van der Waals surface area contributed by atoms with Gasteiger partial charge < -0.3 is 40.1 Å². The zero-order valence-corrected chi connectivity index (χ0v) is 21.2. The molecule has 11 atom stereocenters. The van der Waals surface area contributed by atoms with E-state index in [1.807, 2.05) is 13.8 Å². The number of hydrogen-bond donors (Lipinski definition) is 6. The second-order valence-electron chi connectivity index (χ2n) is 12.0. The molecule has 3 fully saturated rings. The van der Waals surface area contributed by atoms with Crippen LogP contribution in [0.3, 0.4) is 0 Å². The molecule has 10 heteroatoms. The number of fused-ring (bicyclic) bond motifs is 3. The van der Waals surface area contributed by atoms with E-state index in [0.29, 0.717) is 25.7 Å². The molecule has 0 amide bonds. The molecule has 0 aromatic rings. The van der Waals surface area contributed by atoms with Crippen LogP contribution in [0.4, 0.5) is 0 Å². The number of carbonyl (C=O) groups is 2. The van der Waals surface area contributed by atoms with Crippen LogP contribution < -0.4 is 0 Å². The highest BCUT2D eigenvalue weighted by Crippen LogP contribution is 2.63. The Morgan fingerprint density at radius 2 is 1.81 bits per heavy atom. The third-order valence-electron chi connectivity index (χ3n) is 9.63. The molecule has 1 heterocycles. The first kappa shape index (κ1) is 27.6. The third-order valence-corrected chi connectivity index (χ3v) is 9.63. The van der Waals surface area contributed by atoms with Crippen LogP contribution in [0.5, 0.6) is 0 Å². The molecule has 3 aliphatic carbocycles. The van der Waals surface area contributed by atoms with Gasteiger partial charge in [-0.05, 0) is 49.9 Å². The largest absolute Gasteiger partial charge is 0.432 e. The summed E-state index contributed by atoms with van der Waals surface area (Å²) in [5.74, 6) is -0.944. The molecular formula is C26H40O10. The van der Waals surface area contributed by atoms with E-state index in [0.717, 1.165) is 12.0 Å². The molecule has 2 saturated carbocycles. The van der Waals surface area contributed by atoms with Crippen molar-refractivity contribution in [3.8, 4) is 0 Å². The van der Waals surface area contributed by atoms with E-state index in [1.54, 1.807) is 6.92 Å². The maximum absolute atomic E-state index is 13.6. The van der Waals surface area contributed by atoms with Gasteiger partial charge in [0.05, 0.1) is 24.7 Å². The second-order valence-corrected chi connectivity index (χ2v) is 12.0. The number of Topliss-reactive ketones (excluding diaryl/α,β-unsaturated/α-hetero) is 1. The van der Waals surface area contributed by atoms with Crippen molar-refractivity contribution in [3.05, 3.63) is 11.6 Å². The smallest absolute Gasteiger partial charge is 0.314 e. The number of esters is 1. The average Bonchev–Trinajstić information content (AvgIpc) is 2.82. The van der Waals surface area contributed by atoms with Crippen LogP contribution >= 0.6 is 0 Å². The lowest BCUT2D eigenvalue weighted by Crippen LogP contribution is -2.61. The van der Waals surface area contributed by atoms with Crippen molar-refractivity contribution in [1.82, 2.24) is 0 Å². The van der Waals surface area contributed by atoms with Gasteiger partial charge in [0.25, 0.3) is 0 Å².